The smallest absolute Gasteiger partial charge is 0.130 e. The van der Waals surface area contributed by atoms with Crippen LogP contribution >= 0.6 is 0 Å². The van der Waals surface area contributed by atoms with Crippen molar-refractivity contribution in [3.05, 3.63) is 35.4 Å². The topological polar surface area (TPSA) is 15.3 Å². The van der Waals surface area contributed by atoms with Crippen molar-refractivity contribution in [1.29, 1.82) is 0 Å². The minimum Gasteiger partial charge on any atom is -0.308 e. The van der Waals surface area contributed by atoms with Crippen molar-refractivity contribution < 1.29 is 8.78 Å². The molecule has 1 atom stereocenters. The molecule has 1 aliphatic carbocycles. The Morgan fingerprint density at radius 2 is 1.90 bits per heavy atom. The van der Waals surface area contributed by atoms with E-state index in [1.165, 1.54) is 43.9 Å². The molecule has 2 nitrogen and oxygen atoms in total. The van der Waals surface area contributed by atoms with Gasteiger partial charge in [-0.05, 0) is 31.4 Å². The fourth-order valence-corrected chi connectivity index (χ4v) is 3.90. The molecule has 0 aromatic heterocycles. The first kappa shape index (κ1) is 14.9. The summed E-state index contributed by atoms with van der Waals surface area (Å²) < 4.78 is 27.8. The van der Waals surface area contributed by atoms with Gasteiger partial charge in [0.25, 0.3) is 0 Å². The standard InChI is InChI=1S/C17H24F2N2/c1-2-13-10-20-17(8-3-4-9-17)12-21(13)11-14-15(18)6-5-7-16(14)19/h5-7,13,20H,2-4,8-12H2,1H3. The summed E-state index contributed by atoms with van der Waals surface area (Å²) >= 11 is 0. The summed E-state index contributed by atoms with van der Waals surface area (Å²) in [5.41, 5.74) is 0.388. The molecule has 1 saturated heterocycles. The maximum absolute atomic E-state index is 13.9. The Morgan fingerprint density at radius 1 is 1.24 bits per heavy atom. The van der Waals surface area contributed by atoms with Gasteiger partial charge in [0.1, 0.15) is 11.6 Å². The van der Waals surface area contributed by atoms with Crippen LogP contribution in [0.5, 0.6) is 0 Å². The molecule has 2 aliphatic rings. The van der Waals surface area contributed by atoms with Crippen molar-refractivity contribution in [2.45, 2.75) is 57.2 Å². The molecule has 1 aromatic rings. The van der Waals surface area contributed by atoms with Gasteiger partial charge in [0.2, 0.25) is 0 Å². The zero-order valence-corrected chi connectivity index (χ0v) is 12.7. The SMILES string of the molecule is CCC1CNC2(CCCC2)CN1Cc1c(F)cccc1F. The van der Waals surface area contributed by atoms with Gasteiger partial charge in [0, 0.05) is 36.8 Å². The number of piperazine rings is 1. The number of halogens is 2. The predicted molar refractivity (Wildman–Crippen MR) is 80.0 cm³/mol. The van der Waals surface area contributed by atoms with E-state index in [0.29, 0.717) is 12.6 Å². The second-order valence-corrected chi connectivity index (χ2v) is 6.54. The van der Waals surface area contributed by atoms with Gasteiger partial charge in [0.15, 0.2) is 0 Å². The van der Waals surface area contributed by atoms with E-state index in [4.69, 9.17) is 0 Å². The van der Waals surface area contributed by atoms with Gasteiger partial charge in [-0.15, -0.1) is 0 Å². The average molecular weight is 294 g/mol. The van der Waals surface area contributed by atoms with Crippen molar-refractivity contribution in [1.82, 2.24) is 10.2 Å². The lowest BCUT2D eigenvalue weighted by atomic mass is 9.91. The summed E-state index contributed by atoms with van der Waals surface area (Å²) in [6.45, 7) is 4.34. The predicted octanol–water partition coefficient (Wildman–Crippen LogP) is 3.46. The summed E-state index contributed by atoms with van der Waals surface area (Å²) in [6.07, 6.45) is 5.87. The van der Waals surface area contributed by atoms with Crippen LogP contribution < -0.4 is 5.32 Å². The molecule has 1 N–H and O–H groups in total. The molecule has 116 valence electrons. The zero-order chi connectivity index (χ0) is 14.9. The molecule has 1 unspecified atom stereocenters. The molecular weight excluding hydrogens is 270 g/mol. The van der Waals surface area contributed by atoms with Crippen LogP contribution in [0.1, 0.15) is 44.6 Å². The van der Waals surface area contributed by atoms with Crippen molar-refractivity contribution in [2.24, 2.45) is 0 Å². The number of benzene rings is 1. The van der Waals surface area contributed by atoms with Crippen LogP contribution in [0.25, 0.3) is 0 Å². The Hall–Kier alpha value is -1.00. The Kier molecular flexibility index (Phi) is 4.27. The largest absolute Gasteiger partial charge is 0.308 e. The minimum absolute atomic E-state index is 0.174. The number of hydrogen-bond donors (Lipinski definition) is 1. The Bertz CT molecular complexity index is 477. The van der Waals surface area contributed by atoms with Crippen LogP contribution in [0.2, 0.25) is 0 Å². The fourth-order valence-electron chi connectivity index (χ4n) is 3.90. The highest BCUT2D eigenvalue weighted by Gasteiger charge is 2.40. The summed E-state index contributed by atoms with van der Waals surface area (Å²) in [4.78, 5) is 2.28. The van der Waals surface area contributed by atoms with Crippen molar-refractivity contribution in [3.8, 4) is 0 Å². The van der Waals surface area contributed by atoms with E-state index in [0.717, 1.165) is 19.5 Å². The number of nitrogens with one attached hydrogen (secondary N) is 1. The third-order valence-electron chi connectivity index (χ3n) is 5.19. The van der Waals surface area contributed by atoms with E-state index < -0.39 is 11.6 Å². The molecule has 3 rings (SSSR count). The first-order valence-electron chi connectivity index (χ1n) is 8.05. The summed E-state index contributed by atoms with van der Waals surface area (Å²) in [7, 11) is 0. The van der Waals surface area contributed by atoms with Gasteiger partial charge < -0.3 is 5.32 Å². The monoisotopic (exact) mass is 294 g/mol. The highest BCUT2D eigenvalue weighted by molar-refractivity contribution is 5.20. The second-order valence-electron chi connectivity index (χ2n) is 6.54. The normalized spacial score (nSPS) is 25.6. The van der Waals surface area contributed by atoms with Gasteiger partial charge in [-0.25, -0.2) is 8.78 Å². The molecule has 1 aromatic carbocycles. The van der Waals surface area contributed by atoms with Gasteiger partial charge in [-0.1, -0.05) is 25.8 Å². The fraction of sp³-hybridized carbons (Fsp3) is 0.647. The van der Waals surface area contributed by atoms with Crippen molar-refractivity contribution in [3.63, 3.8) is 0 Å². The molecule has 1 saturated carbocycles. The number of hydrogen-bond acceptors (Lipinski definition) is 2. The van der Waals surface area contributed by atoms with Crippen LogP contribution in [0.15, 0.2) is 18.2 Å². The quantitative estimate of drug-likeness (QED) is 0.918. The van der Waals surface area contributed by atoms with Gasteiger partial charge in [-0.3, -0.25) is 4.90 Å². The molecule has 21 heavy (non-hydrogen) atoms. The molecule has 2 fully saturated rings. The highest BCUT2D eigenvalue weighted by Crippen LogP contribution is 2.34. The van der Waals surface area contributed by atoms with E-state index in [2.05, 4.69) is 17.1 Å². The van der Waals surface area contributed by atoms with E-state index >= 15 is 0 Å². The first-order chi connectivity index (χ1) is 10.1. The first-order valence-corrected chi connectivity index (χ1v) is 8.05. The number of rotatable bonds is 3. The Morgan fingerprint density at radius 3 is 2.52 bits per heavy atom. The molecule has 1 spiro atoms. The number of nitrogens with zero attached hydrogens (tertiary/aromatic N) is 1. The molecule has 0 amide bonds. The minimum atomic E-state index is -0.427. The highest BCUT2D eigenvalue weighted by atomic mass is 19.1. The van der Waals surface area contributed by atoms with E-state index in [-0.39, 0.29) is 11.1 Å². The summed E-state index contributed by atoms with van der Waals surface area (Å²) in [6, 6.07) is 4.50. The van der Waals surface area contributed by atoms with Gasteiger partial charge in [-0.2, -0.15) is 0 Å². The molecule has 4 heteroatoms. The average Bonchev–Trinajstić information content (AvgIpc) is 2.91. The van der Waals surface area contributed by atoms with Crippen molar-refractivity contribution >= 4 is 0 Å². The van der Waals surface area contributed by atoms with Crippen LogP contribution in [-0.4, -0.2) is 29.6 Å². The Balaban J connectivity index is 1.80. The van der Waals surface area contributed by atoms with Crippen LogP contribution in [-0.2, 0) is 6.54 Å². The van der Waals surface area contributed by atoms with Gasteiger partial charge in [0.05, 0.1) is 0 Å². The lowest BCUT2D eigenvalue weighted by molar-refractivity contribution is 0.0699. The molecule has 0 bridgehead atoms. The molecule has 1 heterocycles. The molecule has 1 aliphatic heterocycles. The van der Waals surface area contributed by atoms with Crippen LogP contribution in [0, 0.1) is 11.6 Å². The third-order valence-corrected chi connectivity index (χ3v) is 5.19. The van der Waals surface area contributed by atoms with E-state index in [1.807, 2.05) is 0 Å². The second kappa shape index (κ2) is 6.01. The summed E-state index contributed by atoms with van der Waals surface area (Å²) in [5.74, 6) is -0.854. The Labute approximate surface area is 125 Å². The van der Waals surface area contributed by atoms with Gasteiger partial charge >= 0.3 is 0 Å². The lowest BCUT2D eigenvalue weighted by Gasteiger charge is -2.46. The van der Waals surface area contributed by atoms with E-state index in [1.54, 1.807) is 0 Å². The maximum Gasteiger partial charge on any atom is 0.130 e. The zero-order valence-electron chi connectivity index (χ0n) is 12.7. The summed E-state index contributed by atoms with van der Waals surface area (Å²) in [5, 5.41) is 3.71. The third kappa shape index (κ3) is 2.97. The lowest BCUT2D eigenvalue weighted by Crippen LogP contribution is -2.62. The van der Waals surface area contributed by atoms with Crippen LogP contribution in [0.4, 0.5) is 8.78 Å². The van der Waals surface area contributed by atoms with Crippen LogP contribution in [0.3, 0.4) is 0 Å². The molecule has 0 radical (unpaired) electrons. The molecular formula is C17H24F2N2. The van der Waals surface area contributed by atoms with Crippen molar-refractivity contribution in [2.75, 3.05) is 13.1 Å². The van der Waals surface area contributed by atoms with E-state index in [9.17, 15) is 8.78 Å². The maximum atomic E-state index is 13.9.